The average Bonchev–Trinajstić information content (AvgIpc) is 2.19. The summed E-state index contributed by atoms with van der Waals surface area (Å²) in [4.78, 5) is 20.8. The number of imide groups is 1. The summed E-state index contributed by atoms with van der Waals surface area (Å²) in [6, 6.07) is 0. The van der Waals surface area contributed by atoms with E-state index in [0.717, 1.165) is 3.92 Å². The van der Waals surface area contributed by atoms with Crippen molar-refractivity contribution in [3.05, 3.63) is 0 Å². The molecular formula is C3HNO3Se. The van der Waals surface area contributed by atoms with Gasteiger partial charge in [-0.1, -0.05) is 0 Å². The number of hydrogen-bond donors (Lipinski definition) is 0. The summed E-state index contributed by atoms with van der Waals surface area (Å²) in [6.45, 7) is 0. The molecular weight excluding hydrogens is 177 g/mol. The molecule has 3 aliphatic heterocycles. The van der Waals surface area contributed by atoms with Crippen molar-refractivity contribution in [2.24, 2.45) is 0 Å². The number of fused-ring (bicyclic) bond motifs is 1. The predicted octanol–water partition coefficient (Wildman–Crippen LogP) is -1.08. The Morgan fingerprint density at radius 2 is 2.38 bits per heavy atom. The van der Waals surface area contributed by atoms with Crippen molar-refractivity contribution < 1.29 is 14.3 Å². The van der Waals surface area contributed by atoms with Crippen LogP contribution in [0.15, 0.2) is 0 Å². The van der Waals surface area contributed by atoms with E-state index in [9.17, 15) is 9.59 Å². The number of amides is 2. The Balaban J connectivity index is 2.36. The van der Waals surface area contributed by atoms with Crippen LogP contribution in [0.5, 0.6) is 0 Å². The van der Waals surface area contributed by atoms with Gasteiger partial charge in [-0.2, -0.15) is 0 Å². The normalized spacial score (nSPS) is 32.5. The molecule has 0 saturated carbocycles. The van der Waals surface area contributed by atoms with Crippen LogP contribution in [-0.4, -0.2) is 36.1 Å². The summed E-state index contributed by atoms with van der Waals surface area (Å²) >= 11 is -0.0197. The Bertz CT molecular complexity index is 171. The van der Waals surface area contributed by atoms with Crippen molar-refractivity contribution >= 4 is 27.2 Å². The van der Waals surface area contributed by atoms with Gasteiger partial charge < -0.3 is 0 Å². The van der Waals surface area contributed by atoms with Crippen molar-refractivity contribution in [2.45, 2.75) is 5.00 Å². The first kappa shape index (κ1) is 4.35. The first-order valence-corrected chi connectivity index (χ1v) is 3.76. The minimum atomic E-state index is -0.458. The van der Waals surface area contributed by atoms with Crippen LogP contribution in [0, 0.1) is 0 Å². The fourth-order valence-electron chi connectivity index (χ4n) is 0.584. The zero-order valence-corrected chi connectivity index (χ0v) is 5.37. The Kier molecular flexibility index (Phi) is 0.578. The zero-order chi connectivity index (χ0) is 5.72. The van der Waals surface area contributed by atoms with Crippen molar-refractivity contribution in [1.82, 2.24) is 3.92 Å². The molecule has 2 bridgehead atoms. The third kappa shape index (κ3) is 0.287. The molecule has 0 aliphatic carbocycles. The minimum absolute atomic E-state index is 0.0197. The van der Waals surface area contributed by atoms with E-state index in [0.29, 0.717) is 0 Å². The molecule has 42 valence electrons. The summed E-state index contributed by atoms with van der Waals surface area (Å²) < 4.78 is 5.66. The molecule has 0 N–H and O–H groups in total. The third-order valence-electron chi connectivity index (χ3n) is 0.977. The van der Waals surface area contributed by atoms with Crippen LogP contribution < -0.4 is 0 Å². The molecule has 2 amide bonds. The van der Waals surface area contributed by atoms with Crippen molar-refractivity contribution in [2.75, 3.05) is 0 Å². The Morgan fingerprint density at radius 1 is 1.62 bits per heavy atom. The fourth-order valence-corrected chi connectivity index (χ4v) is 2.01. The predicted molar refractivity (Wildman–Crippen MR) is 22.9 cm³/mol. The molecule has 3 fully saturated rings. The van der Waals surface area contributed by atoms with Gasteiger partial charge in [0.05, 0.1) is 0 Å². The van der Waals surface area contributed by atoms with E-state index < -0.39 is 6.09 Å². The summed E-state index contributed by atoms with van der Waals surface area (Å²) in [5.74, 6) is -0.157. The maximum atomic E-state index is 10.4. The standard InChI is InChI=1S/C3HNO3Se/c5-1-2-7-3(6)4(1)8-2/h2H. The second-order valence-corrected chi connectivity index (χ2v) is 3.56. The second kappa shape index (κ2) is 1.06. The molecule has 3 rings (SSSR count). The number of hydrogen-bond acceptors (Lipinski definition) is 3. The van der Waals surface area contributed by atoms with Gasteiger partial charge in [0.15, 0.2) is 0 Å². The monoisotopic (exact) mass is 179 g/mol. The van der Waals surface area contributed by atoms with Crippen molar-refractivity contribution in [1.29, 1.82) is 0 Å². The maximum absolute atomic E-state index is 10.4. The molecule has 0 spiro atoms. The van der Waals surface area contributed by atoms with Crippen LogP contribution in [0.1, 0.15) is 0 Å². The number of ether oxygens (including phenoxy) is 1. The molecule has 8 heavy (non-hydrogen) atoms. The molecule has 3 aliphatic rings. The van der Waals surface area contributed by atoms with Crippen LogP contribution >= 0.6 is 0 Å². The van der Waals surface area contributed by atoms with E-state index in [4.69, 9.17) is 0 Å². The van der Waals surface area contributed by atoms with E-state index in [-0.39, 0.29) is 26.1 Å². The van der Waals surface area contributed by atoms with Crippen LogP contribution in [0.25, 0.3) is 0 Å². The van der Waals surface area contributed by atoms with Crippen LogP contribution in [-0.2, 0) is 9.53 Å². The zero-order valence-electron chi connectivity index (χ0n) is 3.66. The van der Waals surface area contributed by atoms with Gasteiger partial charge in [0.1, 0.15) is 0 Å². The molecule has 3 saturated heterocycles. The molecule has 4 nitrogen and oxygen atoms in total. The molecule has 0 radical (unpaired) electrons. The van der Waals surface area contributed by atoms with E-state index >= 15 is 0 Å². The molecule has 3 heterocycles. The van der Waals surface area contributed by atoms with E-state index in [1.807, 2.05) is 0 Å². The second-order valence-electron chi connectivity index (χ2n) is 1.45. The van der Waals surface area contributed by atoms with Crippen molar-refractivity contribution in [3.63, 3.8) is 0 Å². The topological polar surface area (TPSA) is 46.6 Å². The Labute approximate surface area is 51.1 Å². The van der Waals surface area contributed by atoms with Crippen LogP contribution in [0.4, 0.5) is 4.79 Å². The van der Waals surface area contributed by atoms with Gasteiger partial charge >= 0.3 is 50.4 Å². The number of nitrogens with zero attached hydrogens (tertiary/aromatic N) is 1. The van der Waals surface area contributed by atoms with Gasteiger partial charge in [0, 0.05) is 0 Å². The first-order valence-electron chi connectivity index (χ1n) is 2.00. The van der Waals surface area contributed by atoms with Gasteiger partial charge in [0.25, 0.3) is 0 Å². The van der Waals surface area contributed by atoms with Gasteiger partial charge in [-0.25, -0.2) is 0 Å². The van der Waals surface area contributed by atoms with Crippen molar-refractivity contribution in [3.8, 4) is 0 Å². The molecule has 0 aromatic carbocycles. The van der Waals surface area contributed by atoms with Gasteiger partial charge in [-0.3, -0.25) is 0 Å². The number of rotatable bonds is 0. The molecule has 1 atom stereocenters. The number of carbonyl (C=O) groups is 2. The molecule has 0 aromatic rings. The van der Waals surface area contributed by atoms with Crippen LogP contribution in [0.2, 0.25) is 0 Å². The van der Waals surface area contributed by atoms with Gasteiger partial charge in [0.2, 0.25) is 0 Å². The molecule has 1 unspecified atom stereocenters. The Hall–Kier alpha value is -0.541. The van der Waals surface area contributed by atoms with Gasteiger partial charge in [-0.05, 0) is 0 Å². The summed E-state index contributed by atoms with van der Waals surface area (Å²) in [5, 5.41) is -0.366. The first-order chi connectivity index (χ1) is 3.79. The van der Waals surface area contributed by atoms with Gasteiger partial charge in [-0.15, -0.1) is 0 Å². The van der Waals surface area contributed by atoms with E-state index in [1.54, 1.807) is 0 Å². The fraction of sp³-hybridized carbons (Fsp3) is 0.333. The summed E-state index contributed by atoms with van der Waals surface area (Å²) in [6.07, 6.45) is -0.458. The van der Waals surface area contributed by atoms with E-state index in [1.165, 1.54) is 0 Å². The average molecular weight is 178 g/mol. The van der Waals surface area contributed by atoms with E-state index in [2.05, 4.69) is 4.74 Å². The number of carbonyl (C=O) groups excluding carboxylic acids is 2. The molecule has 5 heteroatoms. The quantitative estimate of drug-likeness (QED) is 0.443. The Morgan fingerprint density at radius 3 is 2.50 bits per heavy atom. The molecule has 0 aromatic heterocycles. The summed E-state index contributed by atoms with van der Waals surface area (Å²) in [7, 11) is 0. The third-order valence-corrected chi connectivity index (χ3v) is 3.14. The SMILES string of the molecule is O=C1OC2[Se]N1C2=O. The van der Waals surface area contributed by atoms with Crippen LogP contribution in [0.3, 0.4) is 0 Å². The summed E-state index contributed by atoms with van der Waals surface area (Å²) in [5.41, 5.74) is 0.